The number of para-hydroxylation sites is 1. The Morgan fingerprint density at radius 3 is 2.44 bits per heavy atom. The van der Waals surface area contributed by atoms with E-state index in [0.29, 0.717) is 21.7 Å². The number of nitrogens with two attached hydrogens (primary N) is 1. The number of aromatic nitrogens is 1. The monoisotopic (exact) mass is 497 g/mol. The number of amides is 1. The number of carbonyl (C=O) groups is 2. The predicted octanol–water partition coefficient (Wildman–Crippen LogP) is 3.06. The summed E-state index contributed by atoms with van der Waals surface area (Å²) in [6.45, 7) is -0.214. The Kier molecular flexibility index (Phi) is 6.59. The van der Waals surface area contributed by atoms with E-state index in [2.05, 4.69) is 4.99 Å². The highest BCUT2D eigenvalue weighted by Gasteiger charge is 2.16. The molecule has 9 nitrogen and oxygen atoms in total. The van der Waals surface area contributed by atoms with E-state index in [-0.39, 0.29) is 21.8 Å². The van der Waals surface area contributed by atoms with Crippen molar-refractivity contribution in [1.82, 2.24) is 4.57 Å². The third-order valence-corrected chi connectivity index (χ3v) is 6.71. The SMILES string of the molecule is COC(=O)Cn1c(=NC(=O)c2cccc(Oc3ccccc3)c2)sc2cc(S(N)(=O)=O)ccc21. The van der Waals surface area contributed by atoms with E-state index in [1.54, 1.807) is 36.4 Å². The van der Waals surface area contributed by atoms with Crippen LogP contribution in [0.15, 0.2) is 82.7 Å². The van der Waals surface area contributed by atoms with Gasteiger partial charge in [0, 0.05) is 5.56 Å². The number of primary sulfonamides is 1. The Morgan fingerprint density at radius 1 is 1.00 bits per heavy atom. The lowest BCUT2D eigenvalue weighted by atomic mass is 10.2. The van der Waals surface area contributed by atoms with Gasteiger partial charge in [0.15, 0.2) is 4.80 Å². The molecule has 0 bridgehead atoms. The van der Waals surface area contributed by atoms with E-state index in [1.165, 1.54) is 29.9 Å². The number of carbonyl (C=O) groups excluding carboxylic acids is 2. The minimum atomic E-state index is -3.93. The molecule has 0 aliphatic heterocycles. The van der Waals surface area contributed by atoms with Crippen molar-refractivity contribution in [3.8, 4) is 11.5 Å². The van der Waals surface area contributed by atoms with Crippen LogP contribution < -0.4 is 14.7 Å². The first-order chi connectivity index (χ1) is 16.2. The van der Waals surface area contributed by atoms with Gasteiger partial charge in [-0.2, -0.15) is 4.99 Å². The molecule has 0 saturated heterocycles. The first kappa shape index (κ1) is 23.4. The lowest BCUT2D eigenvalue weighted by molar-refractivity contribution is -0.141. The maximum absolute atomic E-state index is 13.0. The number of nitrogens with zero attached hydrogens (tertiary/aromatic N) is 2. The number of hydrogen-bond acceptors (Lipinski definition) is 7. The Labute approximate surface area is 198 Å². The molecular weight excluding hydrogens is 478 g/mol. The number of ether oxygens (including phenoxy) is 2. The van der Waals surface area contributed by atoms with Gasteiger partial charge in [0.25, 0.3) is 5.91 Å². The molecule has 0 fully saturated rings. The standard InChI is InChI=1S/C23H19N3O6S2/c1-31-21(27)14-26-19-11-10-18(34(24,29)30)13-20(19)33-23(26)25-22(28)15-6-5-9-17(12-15)32-16-7-3-2-4-8-16/h2-13H,14H2,1H3,(H2,24,29,30). The molecule has 0 aliphatic carbocycles. The minimum absolute atomic E-state index is 0.0879. The number of rotatable bonds is 6. The highest BCUT2D eigenvalue weighted by Crippen LogP contribution is 2.23. The van der Waals surface area contributed by atoms with Crippen molar-refractivity contribution in [2.24, 2.45) is 10.1 Å². The summed E-state index contributed by atoms with van der Waals surface area (Å²) in [6.07, 6.45) is 0. The summed E-state index contributed by atoms with van der Waals surface area (Å²) >= 11 is 1.05. The first-order valence-electron chi connectivity index (χ1n) is 9.89. The molecular formula is C23H19N3O6S2. The van der Waals surface area contributed by atoms with Crippen LogP contribution in [-0.4, -0.2) is 32.0 Å². The molecule has 0 unspecified atom stereocenters. The maximum atomic E-state index is 13.0. The van der Waals surface area contributed by atoms with Crippen molar-refractivity contribution in [2.45, 2.75) is 11.4 Å². The Balaban J connectivity index is 1.75. The van der Waals surface area contributed by atoms with Gasteiger partial charge >= 0.3 is 5.97 Å². The first-order valence-corrected chi connectivity index (χ1v) is 12.3. The highest BCUT2D eigenvalue weighted by atomic mass is 32.2. The molecule has 1 heterocycles. The molecule has 1 amide bonds. The second kappa shape index (κ2) is 9.59. The van der Waals surface area contributed by atoms with Crippen LogP contribution in [0.1, 0.15) is 10.4 Å². The number of fused-ring (bicyclic) bond motifs is 1. The molecule has 0 aliphatic rings. The molecule has 3 aromatic carbocycles. The van der Waals surface area contributed by atoms with Gasteiger partial charge in [-0.25, -0.2) is 13.6 Å². The van der Waals surface area contributed by atoms with E-state index < -0.39 is 21.9 Å². The third-order valence-electron chi connectivity index (χ3n) is 4.75. The number of esters is 1. The summed E-state index contributed by atoms with van der Waals surface area (Å²) in [7, 11) is -2.68. The summed E-state index contributed by atoms with van der Waals surface area (Å²) in [5.41, 5.74) is 0.788. The van der Waals surface area contributed by atoms with Gasteiger partial charge in [-0.1, -0.05) is 35.6 Å². The molecule has 4 aromatic rings. The van der Waals surface area contributed by atoms with E-state index in [4.69, 9.17) is 14.6 Å². The van der Waals surface area contributed by atoms with Crippen LogP contribution in [0.4, 0.5) is 0 Å². The van der Waals surface area contributed by atoms with Crippen molar-refractivity contribution in [3.05, 3.63) is 83.2 Å². The topological polar surface area (TPSA) is 130 Å². The quantitative estimate of drug-likeness (QED) is 0.408. The van der Waals surface area contributed by atoms with Crippen LogP contribution in [0.3, 0.4) is 0 Å². The third kappa shape index (κ3) is 5.22. The molecule has 0 radical (unpaired) electrons. The lowest BCUT2D eigenvalue weighted by Gasteiger charge is -2.06. The van der Waals surface area contributed by atoms with Crippen LogP contribution in [0, 0.1) is 0 Å². The summed E-state index contributed by atoms with van der Waals surface area (Å²) in [4.78, 5) is 29.3. The maximum Gasteiger partial charge on any atom is 0.325 e. The predicted molar refractivity (Wildman–Crippen MR) is 126 cm³/mol. The van der Waals surface area contributed by atoms with E-state index >= 15 is 0 Å². The van der Waals surface area contributed by atoms with Crippen molar-refractivity contribution >= 4 is 43.5 Å². The number of benzene rings is 3. The van der Waals surface area contributed by atoms with E-state index in [9.17, 15) is 18.0 Å². The van der Waals surface area contributed by atoms with Crippen LogP contribution >= 0.6 is 11.3 Å². The fourth-order valence-electron chi connectivity index (χ4n) is 3.13. The van der Waals surface area contributed by atoms with Gasteiger partial charge in [0.2, 0.25) is 10.0 Å². The van der Waals surface area contributed by atoms with Crippen LogP contribution in [0.5, 0.6) is 11.5 Å². The molecule has 34 heavy (non-hydrogen) atoms. The summed E-state index contributed by atoms with van der Waals surface area (Å²) in [6, 6.07) is 19.9. The second-order valence-corrected chi connectivity index (χ2v) is 9.65. The van der Waals surface area contributed by atoms with Crippen LogP contribution in [0.25, 0.3) is 10.2 Å². The fourth-order valence-corrected chi connectivity index (χ4v) is 4.81. The summed E-state index contributed by atoms with van der Waals surface area (Å²) in [5, 5.41) is 5.23. The lowest BCUT2D eigenvalue weighted by Crippen LogP contribution is -2.22. The van der Waals surface area contributed by atoms with Crippen LogP contribution in [0.2, 0.25) is 0 Å². The zero-order chi connectivity index (χ0) is 24.3. The zero-order valence-electron chi connectivity index (χ0n) is 17.9. The molecule has 0 spiro atoms. The summed E-state index contributed by atoms with van der Waals surface area (Å²) in [5.74, 6) is -0.0309. The number of methoxy groups -OCH3 is 1. The minimum Gasteiger partial charge on any atom is -0.468 e. The van der Waals surface area contributed by atoms with Gasteiger partial charge in [0.1, 0.15) is 18.0 Å². The Bertz CT molecular complexity index is 1560. The van der Waals surface area contributed by atoms with Crippen LogP contribution in [-0.2, 0) is 26.1 Å². The van der Waals surface area contributed by atoms with Gasteiger partial charge in [-0.15, -0.1) is 0 Å². The molecule has 4 rings (SSSR count). The highest BCUT2D eigenvalue weighted by molar-refractivity contribution is 7.89. The van der Waals surface area contributed by atoms with Crippen molar-refractivity contribution in [1.29, 1.82) is 0 Å². The molecule has 0 atom stereocenters. The number of hydrogen-bond donors (Lipinski definition) is 1. The average Bonchev–Trinajstić information content (AvgIpc) is 3.15. The van der Waals surface area contributed by atoms with E-state index in [0.717, 1.165) is 11.3 Å². The zero-order valence-corrected chi connectivity index (χ0v) is 19.5. The van der Waals surface area contributed by atoms with Gasteiger partial charge in [-0.3, -0.25) is 9.59 Å². The average molecular weight is 498 g/mol. The Morgan fingerprint density at radius 2 is 1.74 bits per heavy atom. The smallest absolute Gasteiger partial charge is 0.325 e. The Hall–Kier alpha value is -3.80. The molecule has 2 N–H and O–H groups in total. The van der Waals surface area contributed by atoms with Gasteiger partial charge in [0.05, 0.1) is 22.2 Å². The van der Waals surface area contributed by atoms with Crippen molar-refractivity contribution in [2.75, 3.05) is 7.11 Å². The van der Waals surface area contributed by atoms with Gasteiger partial charge < -0.3 is 14.0 Å². The second-order valence-electron chi connectivity index (χ2n) is 7.08. The molecule has 0 saturated carbocycles. The largest absolute Gasteiger partial charge is 0.468 e. The molecule has 11 heteroatoms. The fraction of sp³-hybridized carbons (Fsp3) is 0.0870. The molecule has 1 aromatic heterocycles. The molecule has 174 valence electrons. The number of sulfonamides is 1. The van der Waals surface area contributed by atoms with E-state index in [1.807, 2.05) is 18.2 Å². The number of thiazole rings is 1. The normalized spacial score (nSPS) is 12.0. The van der Waals surface area contributed by atoms with Gasteiger partial charge in [-0.05, 0) is 48.5 Å². The summed E-state index contributed by atoms with van der Waals surface area (Å²) < 4.78 is 36.0. The van der Waals surface area contributed by atoms with Crippen molar-refractivity contribution < 1.29 is 27.5 Å². The van der Waals surface area contributed by atoms with Crippen molar-refractivity contribution in [3.63, 3.8) is 0 Å².